The standard InChI is InChI=1S/C19H19N3O4S/c23-19(21-15-6-7-17-14(10-15)11-20-22-17)18-13(8-9-26-18)12-27(24,25)16-4-2-1-3-5-16/h1-5,8-9,11,15H,6-7,10,12H2,(H,20,22)(H,21,23). The maximum absolute atomic E-state index is 12.6. The number of furan rings is 1. The van der Waals surface area contributed by atoms with Gasteiger partial charge in [0, 0.05) is 17.3 Å². The lowest BCUT2D eigenvalue weighted by molar-refractivity contribution is 0.0904. The minimum absolute atomic E-state index is 0.0359. The second kappa shape index (κ2) is 7.03. The molecule has 1 aliphatic carbocycles. The van der Waals surface area contributed by atoms with Crippen LogP contribution in [0.25, 0.3) is 0 Å². The summed E-state index contributed by atoms with van der Waals surface area (Å²) in [5, 5.41) is 9.94. The van der Waals surface area contributed by atoms with Crippen molar-refractivity contribution in [3.8, 4) is 0 Å². The number of aromatic nitrogens is 2. The molecule has 1 amide bonds. The lowest BCUT2D eigenvalue weighted by atomic mass is 9.93. The lowest BCUT2D eigenvalue weighted by Crippen LogP contribution is -2.38. The van der Waals surface area contributed by atoms with E-state index < -0.39 is 15.7 Å². The molecule has 2 N–H and O–H groups in total. The van der Waals surface area contributed by atoms with Crippen molar-refractivity contribution in [2.45, 2.75) is 36.0 Å². The Morgan fingerprint density at radius 3 is 2.89 bits per heavy atom. The van der Waals surface area contributed by atoms with Crippen LogP contribution < -0.4 is 5.32 Å². The second-order valence-corrected chi connectivity index (χ2v) is 8.62. The quantitative estimate of drug-likeness (QED) is 0.701. The van der Waals surface area contributed by atoms with Gasteiger partial charge in [0.15, 0.2) is 15.6 Å². The average Bonchev–Trinajstić information content (AvgIpc) is 3.31. The summed E-state index contributed by atoms with van der Waals surface area (Å²) in [6, 6.07) is 9.67. The van der Waals surface area contributed by atoms with E-state index in [9.17, 15) is 13.2 Å². The van der Waals surface area contributed by atoms with Gasteiger partial charge in [-0.2, -0.15) is 5.10 Å². The Hall–Kier alpha value is -2.87. The van der Waals surface area contributed by atoms with Gasteiger partial charge in [-0.3, -0.25) is 9.89 Å². The predicted molar refractivity (Wildman–Crippen MR) is 97.9 cm³/mol. The summed E-state index contributed by atoms with van der Waals surface area (Å²) in [5.41, 5.74) is 2.56. The number of aryl methyl sites for hydroxylation is 1. The van der Waals surface area contributed by atoms with Gasteiger partial charge in [-0.15, -0.1) is 0 Å². The molecule has 2 heterocycles. The average molecular weight is 385 g/mol. The molecule has 0 bridgehead atoms. The van der Waals surface area contributed by atoms with Crippen molar-refractivity contribution >= 4 is 15.7 Å². The van der Waals surface area contributed by atoms with Crippen LogP contribution in [0.2, 0.25) is 0 Å². The SMILES string of the molecule is O=C(NC1CCc2[nH]ncc2C1)c1occc1CS(=O)(=O)c1ccccc1. The maximum atomic E-state index is 12.6. The number of carbonyl (C=O) groups excluding carboxylic acids is 1. The van der Waals surface area contributed by atoms with Gasteiger partial charge in [0.1, 0.15) is 0 Å². The Balaban J connectivity index is 1.48. The molecule has 1 atom stereocenters. The van der Waals surface area contributed by atoms with E-state index in [0.29, 0.717) is 12.0 Å². The number of hydrogen-bond acceptors (Lipinski definition) is 5. The number of rotatable bonds is 5. The van der Waals surface area contributed by atoms with Gasteiger partial charge < -0.3 is 9.73 Å². The molecule has 27 heavy (non-hydrogen) atoms. The molecular formula is C19H19N3O4S. The van der Waals surface area contributed by atoms with E-state index in [0.717, 1.165) is 24.1 Å². The number of sulfone groups is 1. The predicted octanol–water partition coefficient (Wildman–Crippen LogP) is 2.26. The zero-order valence-corrected chi connectivity index (χ0v) is 15.3. The van der Waals surface area contributed by atoms with Gasteiger partial charge in [-0.05, 0) is 43.0 Å². The molecule has 8 heteroatoms. The molecule has 0 saturated carbocycles. The van der Waals surface area contributed by atoms with E-state index in [-0.39, 0.29) is 22.5 Å². The largest absolute Gasteiger partial charge is 0.459 e. The fourth-order valence-electron chi connectivity index (χ4n) is 3.35. The number of carbonyl (C=O) groups is 1. The van der Waals surface area contributed by atoms with Crippen LogP contribution in [0.1, 0.15) is 33.8 Å². The van der Waals surface area contributed by atoms with Crippen LogP contribution in [-0.2, 0) is 28.4 Å². The molecule has 7 nitrogen and oxygen atoms in total. The number of fused-ring (bicyclic) bond motifs is 1. The molecule has 0 saturated heterocycles. The fraction of sp³-hybridized carbons (Fsp3) is 0.263. The van der Waals surface area contributed by atoms with Gasteiger partial charge >= 0.3 is 0 Å². The summed E-state index contributed by atoms with van der Waals surface area (Å²) in [7, 11) is -3.56. The normalized spacial score (nSPS) is 16.7. The summed E-state index contributed by atoms with van der Waals surface area (Å²) in [6.45, 7) is 0. The molecule has 4 rings (SSSR count). The van der Waals surface area contributed by atoms with Crippen molar-refractivity contribution in [1.82, 2.24) is 15.5 Å². The molecule has 2 aromatic heterocycles. The molecule has 1 aromatic carbocycles. The maximum Gasteiger partial charge on any atom is 0.287 e. The smallest absolute Gasteiger partial charge is 0.287 e. The van der Waals surface area contributed by atoms with Crippen molar-refractivity contribution in [2.75, 3.05) is 0 Å². The number of nitrogens with zero attached hydrogens (tertiary/aromatic N) is 1. The molecule has 0 radical (unpaired) electrons. The van der Waals surface area contributed by atoms with Gasteiger partial charge in [-0.25, -0.2) is 8.42 Å². The molecule has 1 unspecified atom stereocenters. The summed E-state index contributed by atoms with van der Waals surface area (Å²) in [5.74, 6) is -0.630. The van der Waals surface area contributed by atoms with Crippen LogP contribution in [0.5, 0.6) is 0 Å². The third kappa shape index (κ3) is 3.66. The number of H-pyrrole nitrogens is 1. The summed E-state index contributed by atoms with van der Waals surface area (Å²) < 4.78 is 30.5. The van der Waals surface area contributed by atoms with Gasteiger partial charge in [-0.1, -0.05) is 18.2 Å². The Labute approximate surface area is 156 Å². The zero-order chi connectivity index (χ0) is 18.9. The number of benzene rings is 1. The van der Waals surface area contributed by atoms with Crippen molar-refractivity contribution in [3.05, 3.63) is 71.4 Å². The lowest BCUT2D eigenvalue weighted by Gasteiger charge is -2.22. The van der Waals surface area contributed by atoms with Crippen LogP contribution in [0.3, 0.4) is 0 Å². The highest BCUT2D eigenvalue weighted by Gasteiger charge is 2.26. The summed E-state index contributed by atoms with van der Waals surface area (Å²) in [4.78, 5) is 12.9. The molecular weight excluding hydrogens is 366 g/mol. The molecule has 140 valence electrons. The van der Waals surface area contributed by atoms with Gasteiger partial charge in [0.25, 0.3) is 5.91 Å². The molecule has 0 spiro atoms. The first-order valence-electron chi connectivity index (χ1n) is 8.69. The monoisotopic (exact) mass is 385 g/mol. The molecule has 0 fully saturated rings. The number of aromatic amines is 1. The zero-order valence-electron chi connectivity index (χ0n) is 14.5. The topological polar surface area (TPSA) is 105 Å². The minimum Gasteiger partial charge on any atom is -0.459 e. The third-order valence-electron chi connectivity index (χ3n) is 4.75. The number of nitrogens with one attached hydrogen (secondary N) is 2. The van der Waals surface area contributed by atoms with E-state index in [1.54, 1.807) is 36.5 Å². The van der Waals surface area contributed by atoms with E-state index in [2.05, 4.69) is 15.5 Å². The Bertz CT molecular complexity index is 1050. The van der Waals surface area contributed by atoms with Crippen molar-refractivity contribution in [1.29, 1.82) is 0 Å². The molecule has 3 aromatic rings. The van der Waals surface area contributed by atoms with Gasteiger partial charge in [0.2, 0.25) is 0 Å². The van der Waals surface area contributed by atoms with Crippen LogP contribution in [0, 0.1) is 0 Å². The number of amides is 1. The Morgan fingerprint density at radius 1 is 1.26 bits per heavy atom. The van der Waals surface area contributed by atoms with Crippen molar-refractivity contribution in [2.24, 2.45) is 0 Å². The van der Waals surface area contributed by atoms with E-state index in [1.165, 1.54) is 12.3 Å². The second-order valence-electron chi connectivity index (χ2n) is 6.63. The molecule has 1 aliphatic rings. The van der Waals surface area contributed by atoms with Crippen LogP contribution in [0.4, 0.5) is 0 Å². The summed E-state index contributed by atoms with van der Waals surface area (Å²) >= 11 is 0. The Kier molecular flexibility index (Phi) is 4.57. The Morgan fingerprint density at radius 2 is 2.07 bits per heavy atom. The first-order chi connectivity index (χ1) is 13.0. The first-order valence-corrected chi connectivity index (χ1v) is 10.3. The number of hydrogen-bond donors (Lipinski definition) is 2. The van der Waals surface area contributed by atoms with Gasteiger partial charge in [0.05, 0.1) is 23.1 Å². The van der Waals surface area contributed by atoms with Crippen LogP contribution in [-0.4, -0.2) is 30.6 Å². The molecule has 0 aliphatic heterocycles. The van der Waals surface area contributed by atoms with Crippen LogP contribution in [0.15, 0.2) is 58.2 Å². The van der Waals surface area contributed by atoms with E-state index in [4.69, 9.17) is 4.42 Å². The van der Waals surface area contributed by atoms with Crippen LogP contribution >= 0.6 is 0 Å². The highest BCUT2D eigenvalue weighted by molar-refractivity contribution is 7.90. The third-order valence-corrected chi connectivity index (χ3v) is 6.43. The van der Waals surface area contributed by atoms with Crippen molar-refractivity contribution < 1.29 is 17.6 Å². The van der Waals surface area contributed by atoms with Crippen molar-refractivity contribution in [3.63, 3.8) is 0 Å². The first kappa shape index (κ1) is 17.5. The van der Waals surface area contributed by atoms with E-state index in [1.807, 2.05) is 0 Å². The fourth-order valence-corrected chi connectivity index (χ4v) is 4.73. The highest BCUT2D eigenvalue weighted by atomic mass is 32.2. The van der Waals surface area contributed by atoms with E-state index >= 15 is 0 Å². The highest BCUT2D eigenvalue weighted by Crippen LogP contribution is 2.22. The minimum atomic E-state index is -3.56. The summed E-state index contributed by atoms with van der Waals surface area (Å²) in [6.07, 6.45) is 5.42.